The highest BCUT2D eigenvalue weighted by molar-refractivity contribution is 5.28. The molecule has 0 amide bonds. The standard InChI is InChI=1S/C16H27NO3/c1-5-10-20-15-8-6-14(7-9-15)13(2)17-11-16(19-4)12-18-3/h6-9,13,16-17H,5,10-12H2,1-4H3. The van der Waals surface area contributed by atoms with Gasteiger partial charge in [0.2, 0.25) is 0 Å². The smallest absolute Gasteiger partial charge is 0.119 e. The van der Waals surface area contributed by atoms with Crippen molar-refractivity contribution in [2.24, 2.45) is 0 Å². The minimum atomic E-state index is 0.0783. The quantitative estimate of drug-likeness (QED) is 0.716. The average molecular weight is 281 g/mol. The Labute approximate surface area is 122 Å². The van der Waals surface area contributed by atoms with Crippen molar-refractivity contribution in [2.45, 2.75) is 32.4 Å². The van der Waals surface area contributed by atoms with E-state index in [1.54, 1.807) is 14.2 Å². The number of methoxy groups -OCH3 is 2. The molecule has 2 unspecified atom stereocenters. The van der Waals surface area contributed by atoms with Crippen LogP contribution >= 0.6 is 0 Å². The average Bonchev–Trinajstić information content (AvgIpc) is 2.49. The number of hydrogen-bond donors (Lipinski definition) is 1. The SMILES string of the molecule is CCCOc1ccc(C(C)NCC(COC)OC)cc1. The summed E-state index contributed by atoms with van der Waals surface area (Å²) in [4.78, 5) is 0. The Balaban J connectivity index is 2.44. The van der Waals surface area contributed by atoms with Gasteiger partial charge in [0.05, 0.1) is 19.3 Å². The van der Waals surface area contributed by atoms with E-state index in [9.17, 15) is 0 Å². The normalized spacial score (nSPS) is 14.0. The first-order valence-electron chi connectivity index (χ1n) is 7.19. The molecule has 2 atom stereocenters. The van der Waals surface area contributed by atoms with E-state index in [0.29, 0.717) is 6.61 Å². The van der Waals surface area contributed by atoms with Gasteiger partial charge in [0.25, 0.3) is 0 Å². The number of hydrogen-bond acceptors (Lipinski definition) is 4. The van der Waals surface area contributed by atoms with Gasteiger partial charge in [-0.05, 0) is 31.0 Å². The van der Waals surface area contributed by atoms with Crippen LogP contribution in [0.25, 0.3) is 0 Å². The Bertz CT molecular complexity index is 353. The maximum absolute atomic E-state index is 5.58. The third kappa shape index (κ3) is 5.90. The van der Waals surface area contributed by atoms with E-state index in [-0.39, 0.29) is 12.1 Å². The molecule has 4 nitrogen and oxygen atoms in total. The van der Waals surface area contributed by atoms with Gasteiger partial charge in [-0.1, -0.05) is 19.1 Å². The predicted octanol–water partition coefficient (Wildman–Crippen LogP) is 2.79. The molecule has 1 aromatic carbocycles. The van der Waals surface area contributed by atoms with Crippen LogP contribution in [0.3, 0.4) is 0 Å². The minimum Gasteiger partial charge on any atom is -0.494 e. The molecule has 0 aliphatic carbocycles. The van der Waals surface area contributed by atoms with Crippen LogP contribution in [0.5, 0.6) is 5.75 Å². The first-order chi connectivity index (χ1) is 9.71. The summed E-state index contributed by atoms with van der Waals surface area (Å²) in [5.74, 6) is 0.928. The summed E-state index contributed by atoms with van der Waals surface area (Å²) < 4.78 is 16.0. The van der Waals surface area contributed by atoms with Gasteiger partial charge in [-0.2, -0.15) is 0 Å². The van der Waals surface area contributed by atoms with Crippen molar-refractivity contribution in [3.63, 3.8) is 0 Å². The Morgan fingerprint density at radius 3 is 2.40 bits per heavy atom. The summed E-state index contributed by atoms with van der Waals surface area (Å²) in [6, 6.07) is 8.50. The zero-order valence-electron chi connectivity index (χ0n) is 13.0. The fraction of sp³-hybridized carbons (Fsp3) is 0.625. The van der Waals surface area contributed by atoms with Crippen LogP contribution in [0.2, 0.25) is 0 Å². The lowest BCUT2D eigenvalue weighted by atomic mass is 10.1. The summed E-state index contributed by atoms with van der Waals surface area (Å²) in [7, 11) is 3.39. The maximum atomic E-state index is 5.58. The molecule has 0 saturated heterocycles. The zero-order valence-corrected chi connectivity index (χ0v) is 13.0. The van der Waals surface area contributed by atoms with Gasteiger partial charge >= 0.3 is 0 Å². The molecule has 0 bridgehead atoms. The van der Waals surface area contributed by atoms with Crippen LogP contribution in [0.15, 0.2) is 24.3 Å². The molecule has 0 aliphatic rings. The van der Waals surface area contributed by atoms with E-state index in [0.717, 1.165) is 25.3 Å². The van der Waals surface area contributed by atoms with Crippen LogP contribution in [-0.4, -0.2) is 40.1 Å². The molecule has 20 heavy (non-hydrogen) atoms. The van der Waals surface area contributed by atoms with Crippen molar-refractivity contribution < 1.29 is 14.2 Å². The minimum absolute atomic E-state index is 0.0783. The second-order valence-corrected chi connectivity index (χ2v) is 4.86. The largest absolute Gasteiger partial charge is 0.494 e. The van der Waals surface area contributed by atoms with E-state index < -0.39 is 0 Å². The summed E-state index contributed by atoms with van der Waals surface area (Å²) in [5.41, 5.74) is 1.24. The number of nitrogens with one attached hydrogen (secondary N) is 1. The molecule has 4 heteroatoms. The summed E-state index contributed by atoms with van der Waals surface area (Å²) in [5, 5.41) is 3.45. The Morgan fingerprint density at radius 1 is 1.15 bits per heavy atom. The van der Waals surface area contributed by atoms with Gasteiger partial charge < -0.3 is 19.5 Å². The van der Waals surface area contributed by atoms with Crippen molar-refractivity contribution in [1.29, 1.82) is 0 Å². The van der Waals surface area contributed by atoms with Gasteiger partial charge in [0.15, 0.2) is 0 Å². The van der Waals surface area contributed by atoms with Crippen molar-refractivity contribution in [1.82, 2.24) is 5.32 Å². The number of benzene rings is 1. The second kappa shape index (κ2) is 9.75. The van der Waals surface area contributed by atoms with Crippen LogP contribution in [0, 0.1) is 0 Å². The van der Waals surface area contributed by atoms with E-state index >= 15 is 0 Å². The van der Waals surface area contributed by atoms with Crippen molar-refractivity contribution in [2.75, 3.05) is 34.0 Å². The first-order valence-corrected chi connectivity index (χ1v) is 7.19. The molecular weight excluding hydrogens is 254 g/mol. The molecule has 0 fully saturated rings. The lowest BCUT2D eigenvalue weighted by Crippen LogP contribution is -2.33. The van der Waals surface area contributed by atoms with E-state index in [4.69, 9.17) is 14.2 Å². The summed E-state index contributed by atoms with van der Waals surface area (Å²) in [6.45, 7) is 6.37. The topological polar surface area (TPSA) is 39.7 Å². The molecule has 0 radical (unpaired) electrons. The second-order valence-electron chi connectivity index (χ2n) is 4.86. The Hall–Kier alpha value is -1.10. The summed E-state index contributed by atoms with van der Waals surface area (Å²) >= 11 is 0. The zero-order chi connectivity index (χ0) is 14.8. The Kier molecular flexibility index (Phi) is 8.26. The Morgan fingerprint density at radius 2 is 1.85 bits per heavy atom. The van der Waals surface area contributed by atoms with Gasteiger partial charge in [-0.15, -0.1) is 0 Å². The highest BCUT2D eigenvalue weighted by Gasteiger charge is 2.10. The van der Waals surface area contributed by atoms with Gasteiger partial charge in [0, 0.05) is 26.8 Å². The molecular formula is C16H27NO3. The molecule has 0 spiro atoms. The highest BCUT2D eigenvalue weighted by atomic mass is 16.5. The monoisotopic (exact) mass is 281 g/mol. The summed E-state index contributed by atoms with van der Waals surface area (Å²) in [6.07, 6.45) is 1.10. The molecule has 0 aromatic heterocycles. The molecule has 0 heterocycles. The third-order valence-electron chi connectivity index (χ3n) is 3.19. The van der Waals surface area contributed by atoms with Crippen molar-refractivity contribution in [3.05, 3.63) is 29.8 Å². The third-order valence-corrected chi connectivity index (χ3v) is 3.19. The van der Waals surface area contributed by atoms with E-state index in [2.05, 4.69) is 31.3 Å². The number of rotatable bonds is 10. The predicted molar refractivity (Wildman–Crippen MR) is 81.3 cm³/mol. The highest BCUT2D eigenvalue weighted by Crippen LogP contribution is 2.17. The van der Waals surface area contributed by atoms with Crippen LogP contribution in [0.1, 0.15) is 31.9 Å². The van der Waals surface area contributed by atoms with Gasteiger partial charge in [-0.25, -0.2) is 0 Å². The maximum Gasteiger partial charge on any atom is 0.119 e. The van der Waals surface area contributed by atoms with Crippen LogP contribution < -0.4 is 10.1 Å². The van der Waals surface area contributed by atoms with Crippen LogP contribution in [-0.2, 0) is 9.47 Å². The molecule has 1 N–H and O–H groups in total. The molecule has 0 saturated carbocycles. The molecule has 1 rings (SSSR count). The lowest BCUT2D eigenvalue weighted by molar-refractivity contribution is 0.0276. The van der Waals surface area contributed by atoms with Gasteiger partial charge in [-0.3, -0.25) is 0 Å². The van der Waals surface area contributed by atoms with Gasteiger partial charge in [0.1, 0.15) is 5.75 Å². The van der Waals surface area contributed by atoms with E-state index in [1.165, 1.54) is 5.56 Å². The first kappa shape index (κ1) is 17.0. The fourth-order valence-electron chi connectivity index (χ4n) is 1.89. The number of ether oxygens (including phenoxy) is 3. The van der Waals surface area contributed by atoms with Crippen molar-refractivity contribution >= 4 is 0 Å². The van der Waals surface area contributed by atoms with Crippen molar-refractivity contribution in [3.8, 4) is 5.75 Å². The van der Waals surface area contributed by atoms with Crippen LogP contribution in [0.4, 0.5) is 0 Å². The molecule has 0 aliphatic heterocycles. The lowest BCUT2D eigenvalue weighted by Gasteiger charge is -2.19. The molecule has 114 valence electrons. The van der Waals surface area contributed by atoms with E-state index in [1.807, 2.05) is 12.1 Å². The molecule has 1 aromatic rings. The fourth-order valence-corrected chi connectivity index (χ4v) is 1.89.